The number of methoxy groups -OCH3 is 1. The van der Waals surface area contributed by atoms with Gasteiger partial charge in [-0.1, -0.05) is 0 Å². The van der Waals surface area contributed by atoms with Crippen LogP contribution < -0.4 is 4.74 Å². The Hall–Kier alpha value is -1.88. The van der Waals surface area contributed by atoms with Crippen molar-refractivity contribution in [1.29, 1.82) is 0 Å². The van der Waals surface area contributed by atoms with E-state index in [-0.39, 0.29) is 18.1 Å². The number of rotatable bonds is 6. The quantitative estimate of drug-likeness (QED) is 0.803. The Morgan fingerprint density at radius 3 is 2.65 bits per heavy atom. The minimum absolute atomic E-state index is 0.0290. The summed E-state index contributed by atoms with van der Waals surface area (Å²) in [5.74, 6) is 0.276. The molecule has 1 heterocycles. The first-order chi connectivity index (χ1) is 9.49. The fourth-order valence-corrected chi connectivity index (χ4v) is 2.54. The monoisotopic (exact) mass is 277 g/mol. The molecule has 0 spiro atoms. The zero-order valence-electron chi connectivity index (χ0n) is 11.8. The van der Waals surface area contributed by atoms with Crippen LogP contribution in [0.15, 0.2) is 18.2 Å². The molecule has 1 aromatic carbocycles. The van der Waals surface area contributed by atoms with E-state index in [1.54, 1.807) is 19.2 Å². The van der Waals surface area contributed by atoms with Gasteiger partial charge in [-0.05, 0) is 31.0 Å². The van der Waals surface area contributed by atoms with E-state index in [0.29, 0.717) is 12.1 Å². The van der Waals surface area contributed by atoms with E-state index in [9.17, 15) is 9.59 Å². The lowest BCUT2D eigenvalue weighted by molar-refractivity contribution is -0.139. The van der Waals surface area contributed by atoms with Gasteiger partial charge in [0.05, 0.1) is 13.5 Å². The van der Waals surface area contributed by atoms with Gasteiger partial charge < -0.3 is 9.84 Å². The average Bonchev–Trinajstić information content (AvgIpc) is 2.35. The van der Waals surface area contributed by atoms with Crippen LogP contribution in [-0.2, 0) is 11.3 Å². The highest BCUT2D eigenvalue weighted by Gasteiger charge is 2.29. The lowest BCUT2D eigenvalue weighted by Gasteiger charge is -2.38. The molecular formula is C15H19NO4. The largest absolute Gasteiger partial charge is 0.496 e. The Labute approximate surface area is 118 Å². The fourth-order valence-electron chi connectivity index (χ4n) is 2.54. The van der Waals surface area contributed by atoms with Gasteiger partial charge in [-0.15, -0.1) is 0 Å². The van der Waals surface area contributed by atoms with Crippen LogP contribution in [0, 0.1) is 5.92 Å². The van der Waals surface area contributed by atoms with Gasteiger partial charge in [0.2, 0.25) is 0 Å². The lowest BCUT2D eigenvalue weighted by Crippen LogP contribution is -2.46. The van der Waals surface area contributed by atoms with Crippen LogP contribution in [0.4, 0.5) is 0 Å². The second-order valence-electron chi connectivity index (χ2n) is 5.24. The Morgan fingerprint density at radius 2 is 2.10 bits per heavy atom. The van der Waals surface area contributed by atoms with Crippen molar-refractivity contribution in [2.24, 2.45) is 5.92 Å². The second-order valence-corrected chi connectivity index (χ2v) is 5.24. The van der Waals surface area contributed by atoms with Crippen molar-refractivity contribution in [1.82, 2.24) is 4.90 Å². The summed E-state index contributed by atoms with van der Waals surface area (Å²) >= 11 is 0. The molecule has 0 aromatic heterocycles. The van der Waals surface area contributed by atoms with Crippen molar-refractivity contribution in [3.05, 3.63) is 29.3 Å². The van der Waals surface area contributed by atoms with Crippen LogP contribution >= 0.6 is 0 Å². The van der Waals surface area contributed by atoms with Crippen molar-refractivity contribution < 1.29 is 19.4 Å². The molecule has 1 aromatic rings. The normalized spacial score (nSPS) is 15.7. The van der Waals surface area contributed by atoms with Crippen LogP contribution in [0.5, 0.6) is 5.75 Å². The molecule has 0 radical (unpaired) electrons. The Balaban J connectivity index is 2.00. The summed E-state index contributed by atoms with van der Waals surface area (Å²) in [5.41, 5.74) is 1.64. The molecular weight excluding hydrogens is 258 g/mol. The van der Waals surface area contributed by atoms with E-state index in [4.69, 9.17) is 9.84 Å². The molecule has 20 heavy (non-hydrogen) atoms. The number of hydrogen-bond acceptors (Lipinski definition) is 4. The molecule has 2 rings (SSSR count). The number of benzene rings is 1. The molecule has 1 fully saturated rings. The summed E-state index contributed by atoms with van der Waals surface area (Å²) < 4.78 is 5.31. The fraction of sp³-hybridized carbons (Fsp3) is 0.467. The summed E-state index contributed by atoms with van der Waals surface area (Å²) in [4.78, 5) is 24.2. The van der Waals surface area contributed by atoms with Crippen molar-refractivity contribution >= 4 is 11.8 Å². The number of hydrogen-bond donors (Lipinski definition) is 1. The van der Waals surface area contributed by atoms with Crippen molar-refractivity contribution in [3.63, 3.8) is 0 Å². The maximum atomic E-state index is 11.4. The minimum atomic E-state index is -0.745. The Morgan fingerprint density at radius 1 is 1.40 bits per heavy atom. The van der Waals surface area contributed by atoms with Gasteiger partial charge >= 0.3 is 5.97 Å². The molecule has 0 bridgehead atoms. The molecule has 0 unspecified atom stereocenters. The number of nitrogens with zero attached hydrogens (tertiary/aromatic N) is 1. The third-order valence-electron chi connectivity index (χ3n) is 3.58. The second kappa shape index (κ2) is 6.05. The highest BCUT2D eigenvalue weighted by atomic mass is 16.5. The molecule has 5 nitrogen and oxygen atoms in total. The van der Waals surface area contributed by atoms with Gasteiger partial charge in [-0.2, -0.15) is 0 Å². The van der Waals surface area contributed by atoms with Crippen molar-refractivity contribution in [3.8, 4) is 5.75 Å². The number of carbonyl (C=O) groups is 2. The number of carboxylic acids is 1. The number of ether oxygens (including phenoxy) is 1. The predicted octanol–water partition coefficient (Wildman–Crippen LogP) is 1.80. The summed E-state index contributed by atoms with van der Waals surface area (Å²) in [6.07, 6.45) is 0.223. The van der Waals surface area contributed by atoms with E-state index < -0.39 is 5.97 Å². The Kier molecular flexibility index (Phi) is 4.39. The topological polar surface area (TPSA) is 66.8 Å². The van der Waals surface area contributed by atoms with Gasteiger partial charge in [0.15, 0.2) is 5.78 Å². The third-order valence-corrected chi connectivity index (χ3v) is 3.58. The van der Waals surface area contributed by atoms with E-state index in [2.05, 4.69) is 4.90 Å². The molecule has 108 valence electrons. The SMILES string of the molecule is COc1ccc(C(C)=O)cc1CN1CC(CC(=O)O)C1. The molecule has 5 heteroatoms. The van der Waals surface area contributed by atoms with Gasteiger partial charge in [0, 0.05) is 30.8 Å². The highest BCUT2D eigenvalue weighted by Crippen LogP contribution is 2.26. The van der Waals surface area contributed by atoms with Crippen LogP contribution in [-0.4, -0.2) is 42.0 Å². The molecule has 0 amide bonds. The molecule has 1 aliphatic heterocycles. The van der Waals surface area contributed by atoms with Gasteiger partial charge in [0.1, 0.15) is 5.75 Å². The van der Waals surface area contributed by atoms with Crippen molar-refractivity contribution in [2.75, 3.05) is 20.2 Å². The zero-order chi connectivity index (χ0) is 14.7. The number of aliphatic carboxylic acids is 1. The van der Waals surface area contributed by atoms with Gasteiger partial charge in [-0.3, -0.25) is 14.5 Å². The molecule has 1 N–H and O–H groups in total. The first kappa shape index (κ1) is 14.5. The number of carboxylic acid groups (broad SMARTS) is 1. The third kappa shape index (κ3) is 3.36. The zero-order valence-corrected chi connectivity index (χ0v) is 11.8. The predicted molar refractivity (Wildman–Crippen MR) is 74.0 cm³/mol. The summed E-state index contributed by atoms with van der Waals surface area (Å²) in [6.45, 7) is 3.78. The van der Waals surface area contributed by atoms with E-state index in [0.717, 1.165) is 24.4 Å². The van der Waals surface area contributed by atoms with E-state index in [1.165, 1.54) is 6.92 Å². The highest BCUT2D eigenvalue weighted by molar-refractivity contribution is 5.94. The number of ketones is 1. The summed E-state index contributed by atoms with van der Waals surface area (Å²) in [5, 5.41) is 8.73. The lowest BCUT2D eigenvalue weighted by atomic mass is 9.95. The molecule has 1 aliphatic rings. The van der Waals surface area contributed by atoms with E-state index >= 15 is 0 Å². The standard InChI is InChI=1S/C15H19NO4/c1-10(17)12-3-4-14(20-2)13(6-12)9-16-7-11(8-16)5-15(18)19/h3-4,6,11H,5,7-9H2,1-2H3,(H,18,19). The minimum Gasteiger partial charge on any atom is -0.496 e. The van der Waals surface area contributed by atoms with Crippen LogP contribution in [0.3, 0.4) is 0 Å². The number of carbonyl (C=O) groups excluding carboxylic acids is 1. The van der Waals surface area contributed by atoms with Crippen LogP contribution in [0.1, 0.15) is 29.3 Å². The maximum Gasteiger partial charge on any atom is 0.303 e. The van der Waals surface area contributed by atoms with Crippen molar-refractivity contribution in [2.45, 2.75) is 19.9 Å². The average molecular weight is 277 g/mol. The molecule has 0 atom stereocenters. The van der Waals surface area contributed by atoms with Gasteiger partial charge in [0.25, 0.3) is 0 Å². The Bertz CT molecular complexity index is 521. The number of likely N-dealkylation sites (tertiary alicyclic amines) is 1. The first-order valence-corrected chi connectivity index (χ1v) is 6.61. The van der Waals surface area contributed by atoms with Gasteiger partial charge in [-0.25, -0.2) is 0 Å². The molecule has 1 saturated heterocycles. The first-order valence-electron chi connectivity index (χ1n) is 6.61. The number of Topliss-reactive ketones (excluding diaryl/α,β-unsaturated/α-hetero) is 1. The molecule has 0 aliphatic carbocycles. The molecule has 0 saturated carbocycles. The maximum absolute atomic E-state index is 11.4. The van der Waals surface area contributed by atoms with Crippen LogP contribution in [0.2, 0.25) is 0 Å². The summed E-state index contributed by atoms with van der Waals surface area (Å²) in [6, 6.07) is 5.42. The summed E-state index contributed by atoms with van der Waals surface area (Å²) in [7, 11) is 1.61. The smallest absolute Gasteiger partial charge is 0.303 e. The van der Waals surface area contributed by atoms with Crippen LogP contribution in [0.25, 0.3) is 0 Å². The van der Waals surface area contributed by atoms with E-state index in [1.807, 2.05) is 6.07 Å².